The summed E-state index contributed by atoms with van der Waals surface area (Å²) in [6.45, 7) is 2.23. The summed E-state index contributed by atoms with van der Waals surface area (Å²) >= 11 is 0. The van der Waals surface area contributed by atoms with Crippen LogP contribution >= 0.6 is 0 Å². The van der Waals surface area contributed by atoms with Crippen molar-refractivity contribution < 1.29 is 17.6 Å². The Labute approximate surface area is 213 Å². The summed E-state index contributed by atoms with van der Waals surface area (Å²) in [7, 11) is 0. The summed E-state index contributed by atoms with van der Waals surface area (Å²) in [6, 6.07) is 7.59. The molecule has 0 unspecified atom stereocenters. The Hall–Kier alpha value is -1.84. The summed E-state index contributed by atoms with van der Waals surface area (Å²) in [4.78, 5) is 0. The molecule has 3 aliphatic carbocycles. The van der Waals surface area contributed by atoms with E-state index >= 15 is 8.78 Å². The van der Waals surface area contributed by atoms with Gasteiger partial charge in [0.1, 0.15) is 11.6 Å². The van der Waals surface area contributed by atoms with E-state index in [0.717, 1.165) is 81.3 Å². The van der Waals surface area contributed by atoms with Crippen molar-refractivity contribution in [1.29, 1.82) is 0 Å². The number of benzene rings is 2. The Kier molecular flexibility index (Phi) is 8.08. The number of hydrogen-bond acceptors (Lipinski definition) is 0. The van der Waals surface area contributed by atoms with Crippen molar-refractivity contribution in [1.82, 2.24) is 0 Å². The smallest absolute Gasteiger partial charge is 0.159 e. The zero-order valence-corrected chi connectivity index (χ0v) is 21.6. The van der Waals surface area contributed by atoms with E-state index in [4.69, 9.17) is 0 Å². The van der Waals surface area contributed by atoms with Crippen molar-refractivity contribution in [3.63, 3.8) is 0 Å². The molecule has 3 fully saturated rings. The quantitative estimate of drug-likeness (QED) is 0.358. The minimum Gasteiger partial charge on any atom is -0.207 e. The lowest BCUT2D eigenvalue weighted by molar-refractivity contribution is 0.175. The SMILES string of the molecule is CCC1CCC(c2cc(F)c(C3CCC(C4CCC(c5ccc(F)c(F)c5)CC4)CC3)c(F)c2)CC1. The van der Waals surface area contributed by atoms with Crippen LogP contribution < -0.4 is 0 Å². The van der Waals surface area contributed by atoms with Gasteiger partial charge in [0.2, 0.25) is 0 Å². The first-order chi connectivity index (χ1) is 17.4. The lowest BCUT2D eigenvalue weighted by Crippen LogP contribution is -2.25. The van der Waals surface area contributed by atoms with Crippen LogP contribution in [0.1, 0.15) is 125 Å². The normalized spacial score (nSPS) is 31.4. The molecule has 0 aromatic heterocycles. The fraction of sp³-hybridized carbons (Fsp3) is 0.625. The van der Waals surface area contributed by atoms with Crippen LogP contribution in [0.3, 0.4) is 0 Å². The first-order valence-electron chi connectivity index (χ1n) is 14.4. The lowest BCUT2D eigenvalue weighted by Gasteiger charge is -2.38. The third kappa shape index (κ3) is 5.53. The van der Waals surface area contributed by atoms with E-state index in [0.29, 0.717) is 29.2 Å². The van der Waals surface area contributed by atoms with Crippen molar-refractivity contribution in [2.75, 3.05) is 0 Å². The van der Waals surface area contributed by atoms with Crippen LogP contribution in [0.15, 0.2) is 30.3 Å². The predicted octanol–water partition coefficient (Wildman–Crippen LogP) is 10.2. The van der Waals surface area contributed by atoms with Gasteiger partial charge in [-0.1, -0.05) is 19.4 Å². The van der Waals surface area contributed by atoms with Gasteiger partial charge < -0.3 is 0 Å². The van der Waals surface area contributed by atoms with Gasteiger partial charge in [0.25, 0.3) is 0 Å². The molecular formula is C32H40F4. The monoisotopic (exact) mass is 500 g/mol. The first kappa shape index (κ1) is 25.8. The molecule has 196 valence electrons. The Morgan fingerprint density at radius 2 is 1.00 bits per heavy atom. The van der Waals surface area contributed by atoms with Crippen molar-refractivity contribution in [2.45, 2.75) is 108 Å². The molecule has 0 bridgehead atoms. The molecule has 0 amide bonds. The average Bonchev–Trinajstić information content (AvgIpc) is 2.90. The van der Waals surface area contributed by atoms with Gasteiger partial charge in [0.05, 0.1) is 0 Å². The second-order valence-corrected chi connectivity index (χ2v) is 11.9. The first-order valence-corrected chi connectivity index (χ1v) is 14.4. The Balaban J connectivity index is 1.15. The van der Waals surface area contributed by atoms with E-state index in [1.165, 1.54) is 31.4 Å². The summed E-state index contributed by atoms with van der Waals surface area (Å²) < 4.78 is 57.4. The molecule has 0 spiro atoms. The van der Waals surface area contributed by atoms with Crippen LogP contribution in [0, 0.1) is 41.0 Å². The van der Waals surface area contributed by atoms with E-state index in [2.05, 4.69) is 6.92 Å². The van der Waals surface area contributed by atoms with E-state index in [1.54, 1.807) is 18.2 Å². The Morgan fingerprint density at radius 1 is 0.528 bits per heavy atom. The molecule has 2 aromatic carbocycles. The topological polar surface area (TPSA) is 0 Å². The van der Waals surface area contributed by atoms with Crippen LogP contribution in [0.4, 0.5) is 17.6 Å². The summed E-state index contributed by atoms with van der Waals surface area (Å²) in [5.74, 6) is 0.353. The molecule has 2 aromatic rings. The van der Waals surface area contributed by atoms with Crippen LogP contribution in [0.2, 0.25) is 0 Å². The van der Waals surface area contributed by atoms with Crippen molar-refractivity contribution >= 4 is 0 Å². The fourth-order valence-corrected chi connectivity index (χ4v) is 7.70. The molecule has 0 atom stereocenters. The van der Waals surface area contributed by atoms with Gasteiger partial charge in [-0.3, -0.25) is 0 Å². The van der Waals surface area contributed by atoms with Crippen LogP contribution in [0.5, 0.6) is 0 Å². The fourth-order valence-electron chi connectivity index (χ4n) is 7.70. The molecule has 3 saturated carbocycles. The molecule has 0 N–H and O–H groups in total. The molecule has 0 saturated heterocycles. The third-order valence-electron chi connectivity index (χ3n) is 10.0. The van der Waals surface area contributed by atoms with Crippen LogP contribution in [-0.4, -0.2) is 0 Å². The predicted molar refractivity (Wildman–Crippen MR) is 137 cm³/mol. The minimum atomic E-state index is -0.786. The molecule has 36 heavy (non-hydrogen) atoms. The van der Waals surface area contributed by atoms with E-state index in [-0.39, 0.29) is 17.6 Å². The molecule has 0 aliphatic heterocycles. The number of rotatable bonds is 5. The molecule has 4 heteroatoms. The molecule has 3 aliphatic rings. The lowest BCUT2D eigenvalue weighted by atomic mass is 9.67. The minimum absolute atomic E-state index is 0.0235. The summed E-state index contributed by atoms with van der Waals surface area (Å²) in [5, 5.41) is 0. The molecule has 0 radical (unpaired) electrons. The van der Waals surface area contributed by atoms with Gasteiger partial charge in [-0.05, 0) is 148 Å². The average molecular weight is 501 g/mol. The Morgan fingerprint density at radius 3 is 1.53 bits per heavy atom. The zero-order valence-electron chi connectivity index (χ0n) is 21.6. The second kappa shape index (κ2) is 11.3. The second-order valence-electron chi connectivity index (χ2n) is 11.9. The van der Waals surface area contributed by atoms with Crippen LogP contribution in [-0.2, 0) is 0 Å². The van der Waals surface area contributed by atoms with Gasteiger partial charge in [-0.15, -0.1) is 0 Å². The highest BCUT2D eigenvalue weighted by Crippen LogP contribution is 2.47. The van der Waals surface area contributed by atoms with Crippen molar-refractivity contribution in [3.05, 3.63) is 70.3 Å². The van der Waals surface area contributed by atoms with E-state index < -0.39 is 11.6 Å². The van der Waals surface area contributed by atoms with Crippen molar-refractivity contribution in [2.24, 2.45) is 17.8 Å². The zero-order chi connectivity index (χ0) is 25.2. The van der Waals surface area contributed by atoms with Crippen LogP contribution in [0.25, 0.3) is 0 Å². The molecule has 5 rings (SSSR count). The highest BCUT2D eigenvalue weighted by molar-refractivity contribution is 5.32. The Bertz CT molecular complexity index is 999. The van der Waals surface area contributed by atoms with Gasteiger partial charge in [-0.25, -0.2) is 17.6 Å². The summed E-state index contributed by atoms with van der Waals surface area (Å²) in [6.07, 6.45) is 13.5. The number of hydrogen-bond donors (Lipinski definition) is 0. The molecule has 0 nitrogen and oxygen atoms in total. The maximum atomic E-state index is 15.2. The highest BCUT2D eigenvalue weighted by Gasteiger charge is 2.34. The third-order valence-corrected chi connectivity index (χ3v) is 10.0. The van der Waals surface area contributed by atoms with E-state index in [1.807, 2.05) is 0 Å². The maximum Gasteiger partial charge on any atom is 0.159 e. The maximum absolute atomic E-state index is 15.2. The summed E-state index contributed by atoms with van der Waals surface area (Å²) in [5.41, 5.74) is 2.08. The standard InChI is InChI=1S/C32H40F4/c1-2-20-3-5-24(6-4-20)27-18-30(35)32(31(36)19-27)25-13-11-22(12-14-25)21-7-9-23(10-8-21)26-15-16-28(33)29(34)17-26/h15-25H,2-14H2,1H3. The van der Waals surface area contributed by atoms with Gasteiger partial charge in [0.15, 0.2) is 11.6 Å². The highest BCUT2D eigenvalue weighted by atomic mass is 19.2. The van der Waals surface area contributed by atoms with Gasteiger partial charge >= 0.3 is 0 Å². The number of halogens is 4. The van der Waals surface area contributed by atoms with Gasteiger partial charge in [-0.2, -0.15) is 0 Å². The van der Waals surface area contributed by atoms with E-state index in [9.17, 15) is 8.78 Å². The molecule has 0 heterocycles. The van der Waals surface area contributed by atoms with Gasteiger partial charge in [0, 0.05) is 5.56 Å². The molecular weight excluding hydrogens is 460 g/mol. The van der Waals surface area contributed by atoms with Crippen molar-refractivity contribution in [3.8, 4) is 0 Å². The largest absolute Gasteiger partial charge is 0.207 e.